The monoisotopic (exact) mass is 341 g/mol. The van der Waals surface area contributed by atoms with Crippen LogP contribution in [0.2, 0.25) is 0 Å². The lowest BCUT2D eigenvalue weighted by Crippen LogP contribution is -2.23. The minimum atomic E-state index is -0.0598. The van der Waals surface area contributed by atoms with E-state index in [0.29, 0.717) is 36.7 Å². The Morgan fingerprint density at radius 1 is 1.08 bits per heavy atom. The molecular weight excluding hydrogens is 322 g/mol. The number of carbonyl (C=O) groups is 1. The Balaban J connectivity index is 1.55. The first-order valence-corrected chi connectivity index (χ1v) is 7.84. The first-order chi connectivity index (χ1) is 12.2. The minimum absolute atomic E-state index is 0.0598. The summed E-state index contributed by atoms with van der Waals surface area (Å²) in [5.41, 5.74) is 1.63. The fourth-order valence-electron chi connectivity index (χ4n) is 2.34. The average molecular weight is 341 g/mol. The molecule has 0 aliphatic carbocycles. The summed E-state index contributed by atoms with van der Waals surface area (Å²) in [6, 6.07) is 11.1. The van der Waals surface area contributed by atoms with Gasteiger partial charge in [0.05, 0.1) is 14.2 Å². The van der Waals surface area contributed by atoms with Crippen LogP contribution in [0, 0.1) is 0 Å². The molecule has 2 aromatic heterocycles. The number of ether oxygens (including phenoxy) is 2. The van der Waals surface area contributed by atoms with Crippen LogP contribution in [-0.2, 0) is 17.8 Å². The number of methoxy groups -OCH3 is 2. The van der Waals surface area contributed by atoms with Crippen molar-refractivity contribution in [3.8, 4) is 11.6 Å². The zero-order chi connectivity index (χ0) is 17.6. The number of rotatable bonds is 7. The molecule has 0 aliphatic heterocycles. The summed E-state index contributed by atoms with van der Waals surface area (Å²) in [4.78, 5) is 12.1. The molecule has 0 bridgehead atoms. The van der Waals surface area contributed by atoms with Crippen molar-refractivity contribution in [2.45, 2.75) is 19.4 Å². The van der Waals surface area contributed by atoms with Gasteiger partial charge in [0.1, 0.15) is 5.75 Å². The summed E-state index contributed by atoms with van der Waals surface area (Å²) in [5.74, 6) is 1.82. The average Bonchev–Trinajstić information content (AvgIpc) is 3.07. The Morgan fingerprint density at radius 2 is 1.88 bits per heavy atom. The lowest BCUT2D eigenvalue weighted by molar-refractivity contribution is -0.121. The van der Waals surface area contributed by atoms with Crippen molar-refractivity contribution in [2.75, 3.05) is 14.2 Å². The number of aryl methyl sites for hydroxylation is 1. The Labute approximate surface area is 144 Å². The van der Waals surface area contributed by atoms with E-state index in [4.69, 9.17) is 9.47 Å². The van der Waals surface area contributed by atoms with Crippen molar-refractivity contribution in [2.24, 2.45) is 0 Å². The van der Waals surface area contributed by atoms with Crippen molar-refractivity contribution < 1.29 is 14.3 Å². The number of nitrogens with zero attached hydrogens (tertiary/aromatic N) is 4. The summed E-state index contributed by atoms with van der Waals surface area (Å²) in [7, 11) is 3.17. The number of nitrogens with one attached hydrogen (secondary N) is 1. The van der Waals surface area contributed by atoms with E-state index in [-0.39, 0.29) is 5.91 Å². The number of aromatic nitrogens is 4. The van der Waals surface area contributed by atoms with Gasteiger partial charge in [-0.3, -0.25) is 4.79 Å². The van der Waals surface area contributed by atoms with E-state index >= 15 is 0 Å². The molecule has 0 unspecified atom stereocenters. The second-order valence-electron chi connectivity index (χ2n) is 5.39. The van der Waals surface area contributed by atoms with Crippen molar-refractivity contribution in [1.29, 1.82) is 0 Å². The molecule has 1 amide bonds. The summed E-state index contributed by atoms with van der Waals surface area (Å²) in [6.07, 6.45) is 0.742. The van der Waals surface area contributed by atoms with Gasteiger partial charge in [0.2, 0.25) is 11.8 Å². The topological polar surface area (TPSA) is 90.6 Å². The molecule has 25 heavy (non-hydrogen) atoms. The number of carbonyl (C=O) groups excluding carboxylic acids is 1. The number of hydrogen-bond acceptors (Lipinski definition) is 6. The van der Waals surface area contributed by atoms with Crippen LogP contribution >= 0.6 is 0 Å². The van der Waals surface area contributed by atoms with Crippen LogP contribution in [0.4, 0.5) is 0 Å². The van der Waals surface area contributed by atoms with Crippen molar-refractivity contribution in [3.63, 3.8) is 0 Å². The molecular formula is C17H19N5O3. The van der Waals surface area contributed by atoms with Crippen LogP contribution in [0.1, 0.15) is 17.8 Å². The molecule has 3 rings (SSSR count). The zero-order valence-electron chi connectivity index (χ0n) is 14.1. The van der Waals surface area contributed by atoms with Crippen molar-refractivity contribution in [3.05, 3.63) is 47.8 Å². The van der Waals surface area contributed by atoms with Gasteiger partial charge in [-0.05, 0) is 23.8 Å². The highest BCUT2D eigenvalue weighted by molar-refractivity contribution is 5.76. The Morgan fingerprint density at radius 3 is 2.60 bits per heavy atom. The van der Waals surface area contributed by atoms with E-state index in [1.807, 2.05) is 24.3 Å². The summed E-state index contributed by atoms with van der Waals surface area (Å²) >= 11 is 0. The van der Waals surface area contributed by atoms with Gasteiger partial charge in [-0.15, -0.1) is 15.3 Å². The van der Waals surface area contributed by atoms with Crippen molar-refractivity contribution in [1.82, 2.24) is 25.1 Å². The molecule has 1 N–H and O–H groups in total. The predicted octanol–water partition coefficient (Wildman–Crippen LogP) is 1.39. The van der Waals surface area contributed by atoms with Gasteiger partial charge in [0.25, 0.3) is 0 Å². The molecule has 0 saturated carbocycles. The van der Waals surface area contributed by atoms with Crippen molar-refractivity contribution >= 4 is 11.6 Å². The highest BCUT2D eigenvalue weighted by Crippen LogP contribution is 2.12. The van der Waals surface area contributed by atoms with E-state index in [1.165, 1.54) is 0 Å². The van der Waals surface area contributed by atoms with Gasteiger partial charge < -0.3 is 14.8 Å². The van der Waals surface area contributed by atoms with E-state index in [9.17, 15) is 4.79 Å². The second kappa shape index (κ2) is 7.61. The number of benzene rings is 1. The highest BCUT2D eigenvalue weighted by atomic mass is 16.5. The van der Waals surface area contributed by atoms with E-state index in [2.05, 4.69) is 20.6 Å². The zero-order valence-corrected chi connectivity index (χ0v) is 14.1. The lowest BCUT2D eigenvalue weighted by atomic mass is 10.2. The predicted molar refractivity (Wildman–Crippen MR) is 90.5 cm³/mol. The van der Waals surface area contributed by atoms with Gasteiger partial charge in [-0.25, -0.2) is 0 Å². The summed E-state index contributed by atoms with van der Waals surface area (Å²) in [6.45, 7) is 0.468. The molecule has 1 aromatic carbocycles. The number of hydrogen-bond donors (Lipinski definition) is 1. The molecule has 8 nitrogen and oxygen atoms in total. The molecule has 0 fully saturated rings. The number of fused-ring (bicyclic) bond motifs is 1. The van der Waals surface area contributed by atoms with Gasteiger partial charge >= 0.3 is 0 Å². The Bertz CT molecular complexity index is 860. The molecule has 2 heterocycles. The highest BCUT2D eigenvalue weighted by Gasteiger charge is 2.10. The van der Waals surface area contributed by atoms with Crippen LogP contribution in [0.25, 0.3) is 5.65 Å². The number of amides is 1. The molecule has 3 aromatic rings. The minimum Gasteiger partial charge on any atom is -0.497 e. The fraction of sp³-hybridized carbons (Fsp3) is 0.294. The van der Waals surface area contributed by atoms with Crippen LogP contribution < -0.4 is 14.8 Å². The molecule has 0 atom stereocenters. The second-order valence-corrected chi connectivity index (χ2v) is 5.39. The maximum absolute atomic E-state index is 12.1. The van der Waals surface area contributed by atoms with E-state index in [1.54, 1.807) is 30.9 Å². The first kappa shape index (κ1) is 16.7. The third-order valence-electron chi connectivity index (χ3n) is 3.74. The van der Waals surface area contributed by atoms with Gasteiger partial charge in [0.15, 0.2) is 11.5 Å². The molecule has 130 valence electrons. The van der Waals surface area contributed by atoms with Crippen LogP contribution in [0.15, 0.2) is 36.4 Å². The van der Waals surface area contributed by atoms with Crippen LogP contribution in [-0.4, -0.2) is 39.9 Å². The Kier molecular flexibility index (Phi) is 5.08. The Hall–Kier alpha value is -3.16. The summed E-state index contributed by atoms with van der Waals surface area (Å²) < 4.78 is 11.8. The van der Waals surface area contributed by atoms with Crippen LogP contribution in [0.5, 0.6) is 11.6 Å². The standard InChI is InChI=1S/C17H19N5O3/c1-24-13-5-3-12(4-6-13)11-18-16(23)9-7-14-19-20-15-8-10-17(25-2)21-22(14)15/h3-6,8,10H,7,9,11H2,1-2H3,(H,18,23). The molecule has 0 radical (unpaired) electrons. The smallest absolute Gasteiger partial charge is 0.231 e. The molecule has 0 spiro atoms. The lowest BCUT2D eigenvalue weighted by Gasteiger charge is -2.06. The third kappa shape index (κ3) is 4.03. The van der Waals surface area contributed by atoms with E-state index < -0.39 is 0 Å². The summed E-state index contributed by atoms with van der Waals surface area (Å²) in [5, 5.41) is 15.3. The quantitative estimate of drug-likeness (QED) is 0.698. The third-order valence-corrected chi connectivity index (χ3v) is 3.74. The molecule has 0 saturated heterocycles. The maximum atomic E-state index is 12.1. The fourth-order valence-corrected chi connectivity index (χ4v) is 2.34. The van der Waals surface area contributed by atoms with E-state index in [0.717, 1.165) is 11.3 Å². The molecule has 0 aliphatic rings. The van der Waals surface area contributed by atoms with Gasteiger partial charge in [0, 0.05) is 25.5 Å². The van der Waals surface area contributed by atoms with Gasteiger partial charge in [-0.2, -0.15) is 4.52 Å². The SMILES string of the molecule is COc1ccc(CNC(=O)CCc2nnc3ccc(OC)nn23)cc1. The molecule has 8 heteroatoms. The first-order valence-electron chi connectivity index (χ1n) is 7.84. The maximum Gasteiger partial charge on any atom is 0.231 e. The normalized spacial score (nSPS) is 10.6. The van der Waals surface area contributed by atoms with Gasteiger partial charge in [-0.1, -0.05) is 12.1 Å². The largest absolute Gasteiger partial charge is 0.497 e. The van der Waals surface area contributed by atoms with Crippen LogP contribution in [0.3, 0.4) is 0 Å².